The average Bonchev–Trinajstić information content (AvgIpc) is 3.26. The molecular weight excluding hydrogens is 263 g/mol. The molecule has 0 N–H and O–H groups in total. The summed E-state index contributed by atoms with van der Waals surface area (Å²) in [6.07, 6.45) is 6.61. The minimum absolute atomic E-state index is 0.0867. The topological polar surface area (TPSA) is 12.5 Å². The van der Waals surface area contributed by atoms with E-state index in [1.165, 1.54) is 18.4 Å². The minimum atomic E-state index is -0.305. The van der Waals surface area contributed by atoms with Crippen LogP contribution in [0.1, 0.15) is 49.8 Å². The summed E-state index contributed by atoms with van der Waals surface area (Å²) in [5.41, 5.74) is 2.64. The normalized spacial score (nSPS) is 26.2. The van der Waals surface area contributed by atoms with Crippen molar-refractivity contribution in [3.05, 3.63) is 40.2 Å². The van der Waals surface area contributed by atoms with Crippen LogP contribution in [0.5, 0.6) is 0 Å². The fraction of sp³-hybridized carbons (Fsp3) is 0.500. The smallest absolute Gasteiger partial charge is 0.148 e. The number of halogens is 2. The first-order valence-corrected chi connectivity index (χ1v) is 7.37. The number of ether oxygens (including phenoxy) is 1. The largest absolute Gasteiger partial charge is 0.368 e. The zero-order chi connectivity index (χ0) is 13.4. The van der Waals surface area contributed by atoms with E-state index in [1.807, 2.05) is 12.1 Å². The molecule has 3 heteroatoms. The lowest BCUT2D eigenvalue weighted by Crippen LogP contribution is -2.05. The van der Waals surface area contributed by atoms with Crippen molar-refractivity contribution >= 4 is 17.2 Å². The molecule has 1 aromatic carbocycles. The first-order valence-electron chi connectivity index (χ1n) is 6.99. The second-order valence-corrected chi connectivity index (χ2v) is 5.81. The molecule has 1 fully saturated rings. The maximum atomic E-state index is 14.2. The van der Waals surface area contributed by atoms with Gasteiger partial charge in [0.15, 0.2) is 0 Å². The van der Waals surface area contributed by atoms with Gasteiger partial charge >= 0.3 is 0 Å². The Bertz CT molecular complexity index is 520. The lowest BCUT2D eigenvalue weighted by Gasteiger charge is -2.21. The summed E-state index contributed by atoms with van der Waals surface area (Å²) in [5, 5.41) is 0.259. The Morgan fingerprint density at radius 1 is 1.42 bits per heavy atom. The highest BCUT2D eigenvalue weighted by molar-refractivity contribution is 6.32. The second-order valence-electron chi connectivity index (χ2n) is 5.43. The average molecular weight is 281 g/mol. The van der Waals surface area contributed by atoms with Crippen LogP contribution in [-0.4, -0.2) is 6.61 Å². The molecule has 3 rings (SSSR count). The molecule has 0 aromatic heterocycles. The van der Waals surface area contributed by atoms with Crippen molar-refractivity contribution in [2.24, 2.45) is 5.92 Å². The molecule has 1 aliphatic heterocycles. The van der Waals surface area contributed by atoms with Crippen molar-refractivity contribution in [2.75, 3.05) is 6.61 Å². The number of hydrogen-bond donors (Lipinski definition) is 0. The van der Waals surface area contributed by atoms with Crippen LogP contribution in [0.4, 0.5) is 4.39 Å². The maximum Gasteiger partial charge on any atom is 0.148 e. The third-order valence-electron chi connectivity index (χ3n) is 4.24. The quantitative estimate of drug-likeness (QED) is 0.698. The summed E-state index contributed by atoms with van der Waals surface area (Å²) in [6.45, 7) is 2.83. The molecule has 0 spiro atoms. The van der Waals surface area contributed by atoms with E-state index in [0.717, 1.165) is 24.3 Å². The molecule has 102 valence electrons. The number of epoxide rings is 1. The Morgan fingerprint density at radius 3 is 2.79 bits per heavy atom. The van der Waals surface area contributed by atoms with Crippen LogP contribution in [0.15, 0.2) is 18.2 Å². The zero-order valence-corrected chi connectivity index (χ0v) is 11.8. The Balaban J connectivity index is 1.89. The van der Waals surface area contributed by atoms with Gasteiger partial charge in [0.25, 0.3) is 0 Å². The van der Waals surface area contributed by atoms with Crippen LogP contribution in [-0.2, 0) is 4.74 Å². The van der Waals surface area contributed by atoms with E-state index < -0.39 is 0 Å². The Kier molecular flexibility index (Phi) is 3.64. The van der Waals surface area contributed by atoms with Crippen LogP contribution < -0.4 is 0 Å². The van der Waals surface area contributed by atoms with Crippen molar-refractivity contribution in [3.8, 4) is 0 Å². The standard InChI is InChI=1S/C16H18ClFO/c1-2-10-3-5-11(6-4-10)12-7-8-13(14-9-19-14)16(18)15(12)17/h5,7-8,10,14H,2-4,6,9H2,1H3. The number of hydrogen-bond acceptors (Lipinski definition) is 1. The van der Waals surface area contributed by atoms with E-state index in [0.29, 0.717) is 12.2 Å². The van der Waals surface area contributed by atoms with Gasteiger partial charge in [-0.25, -0.2) is 4.39 Å². The van der Waals surface area contributed by atoms with E-state index >= 15 is 0 Å². The third kappa shape index (κ3) is 2.56. The van der Waals surface area contributed by atoms with E-state index in [9.17, 15) is 4.39 Å². The summed E-state index contributed by atoms with van der Waals surface area (Å²) in [6, 6.07) is 3.77. The fourth-order valence-corrected chi connectivity index (χ4v) is 3.09. The second kappa shape index (κ2) is 5.26. The molecule has 2 unspecified atom stereocenters. The highest BCUT2D eigenvalue weighted by atomic mass is 35.5. The summed E-state index contributed by atoms with van der Waals surface area (Å²) in [7, 11) is 0. The van der Waals surface area contributed by atoms with Gasteiger partial charge in [-0.2, -0.15) is 0 Å². The Morgan fingerprint density at radius 2 is 2.21 bits per heavy atom. The van der Waals surface area contributed by atoms with Crippen molar-refractivity contribution < 1.29 is 9.13 Å². The Labute approximate surface area is 118 Å². The molecule has 0 radical (unpaired) electrons. The molecule has 0 amide bonds. The van der Waals surface area contributed by atoms with Gasteiger partial charge < -0.3 is 4.74 Å². The molecule has 19 heavy (non-hydrogen) atoms. The number of rotatable bonds is 3. The molecular formula is C16H18ClFO. The Hall–Kier alpha value is -0.860. The zero-order valence-electron chi connectivity index (χ0n) is 11.1. The van der Waals surface area contributed by atoms with E-state index in [-0.39, 0.29) is 16.9 Å². The van der Waals surface area contributed by atoms with Gasteiger partial charge in [-0.1, -0.05) is 43.2 Å². The van der Waals surface area contributed by atoms with Crippen molar-refractivity contribution in [1.82, 2.24) is 0 Å². The summed E-state index contributed by atoms with van der Waals surface area (Å²) in [5.74, 6) is 0.465. The van der Waals surface area contributed by atoms with Crippen LogP contribution >= 0.6 is 11.6 Å². The maximum absolute atomic E-state index is 14.2. The van der Waals surface area contributed by atoms with Crippen LogP contribution in [0, 0.1) is 11.7 Å². The lowest BCUT2D eigenvalue weighted by atomic mass is 9.85. The monoisotopic (exact) mass is 280 g/mol. The molecule has 0 saturated carbocycles. The molecule has 1 aromatic rings. The summed E-state index contributed by atoms with van der Waals surface area (Å²) >= 11 is 6.20. The van der Waals surface area contributed by atoms with E-state index in [4.69, 9.17) is 16.3 Å². The van der Waals surface area contributed by atoms with E-state index in [1.54, 1.807) is 0 Å². The van der Waals surface area contributed by atoms with Crippen LogP contribution in [0.2, 0.25) is 5.02 Å². The minimum Gasteiger partial charge on any atom is -0.368 e. The van der Waals surface area contributed by atoms with Crippen LogP contribution in [0.25, 0.3) is 5.57 Å². The molecule has 1 heterocycles. The predicted octanol–water partition coefficient (Wildman–Crippen LogP) is 5.14. The highest BCUT2D eigenvalue weighted by Crippen LogP contribution is 2.40. The van der Waals surface area contributed by atoms with Gasteiger partial charge in [-0.05, 0) is 36.3 Å². The van der Waals surface area contributed by atoms with Gasteiger partial charge in [-0.15, -0.1) is 0 Å². The lowest BCUT2D eigenvalue weighted by molar-refractivity contribution is 0.408. The fourth-order valence-electron chi connectivity index (χ4n) is 2.79. The first-order chi connectivity index (χ1) is 9.20. The van der Waals surface area contributed by atoms with Crippen molar-refractivity contribution in [1.29, 1.82) is 0 Å². The van der Waals surface area contributed by atoms with Gasteiger partial charge in [0.05, 0.1) is 11.6 Å². The molecule has 1 saturated heterocycles. The van der Waals surface area contributed by atoms with Gasteiger partial charge in [0.1, 0.15) is 11.9 Å². The molecule has 2 atom stereocenters. The first kappa shape index (κ1) is 13.1. The highest BCUT2D eigenvalue weighted by Gasteiger charge is 2.30. The van der Waals surface area contributed by atoms with E-state index in [2.05, 4.69) is 13.0 Å². The molecule has 1 nitrogen and oxygen atoms in total. The van der Waals surface area contributed by atoms with Gasteiger partial charge in [-0.3, -0.25) is 0 Å². The van der Waals surface area contributed by atoms with Gasteiger partial charge in [0, 0.05) is 5.56 Å². The summed E-state index contributed by atoms with van der Waals surface area (Å²) < 4.78 is 19.3. The van der Waals surface area contributed by atoms with Gasteiger partial charge in [0.2, 0.25) is 0 Å². The predicted molar refractivity (Wildman–Crippen MR) is 75.7 cm³/mol. The summed E-state index contributed by atoms with van der Waals surface area (Å²) in [4.78, 5) is 0. The SMILES string of the molecule is CCC1CC=C(c2ccc(C3CO3)c(F)c2Cl)CC1. The molecule has 2 aliphatic rings. The number of benzene rings is 1. The van der Waals surface area contributed by atoms with Crippen molar-refractivity contribution in [3.63, 3.8) is 0 Å². The molecule has 0 bridgehead atoms. The third-order valence-corrected chi connectivity index (χ3v) is 4.60. The number of allylic oxidation sites excluding steroid dienone is 2. The van der Waals surface area contributed by atoms with Crippen LogP contribution in [0.3, 0.4) is 0 Å². The van der Waals surface area contributed by atoms with Crippen molar-refractivity contribution in [2.45, 2.75) is 38.7 Å². The molecule has 1 aliphatic carbocycles.